The van der Waals surface area contributed by atoms with Gasteiger partial charge in [0.25, 0.3) is 5.56 Å². The molecule has 0 saturated heterocycles. The highest BCUT2D eigenvalue weighted by Gasteiger charge is 2.15. The lowest BCUT2D eigenvalue weighted by Gasteiger charge is -2.15. The van der Waals surface area contributed by atoms with Crippen LogP contribution in [0.5, 0.6) is 0 Å². The Labute approximate surface area is 220 Å². The molecule has 0 spiro atoms. The Kier molecular flexibility index (Phi) is 6.88. The number of benzene rings is 2. The van der Waals surface area contributed by atoms with Gasteiger partial charge in [-0.2, -0.15) is 5.26 Å². The molecule has 3 heterocycles. The van der Waals surface area contributed by atoms with Gasteiger partial charge < -0.3 is 11.1 Å². The summed E-state index contributed by atoms with van der Waals surface area (Å²) in [5.41, 5.74) is 7.35. The fraction of sp³-hybridized carbons (Fsp3) is 0.0714. The van der Waals surface area contributed by atoms with E-state index in [9.17, 15) is 18.8 Å². The summed E-state index contributed by atoms with van der Waals surface area (Å²) in [5, 5.41) is 12.6. The second kappa shape index (κ2) is 10.7. The number of anilines is 2. The lowest BCUT2D eigenvalue weighted by atomic mass is 10.2. The monoisotopic (exact) mass is 520 g/mol. The number of nitrogens with zero attached hydrogens (tertiary/aromatic N) is 6. The highest BCUT2D eigenvalue weighted by atomic mass is 19.1. The molecule has 0 atom stereocenters. The van der Waals surface area contributed by atoms with Crippen LogP contribution in [-0.4, -0.2) is 31.0 Å². The molecule has 0 aliphatic heterocycles. The first kappa shape index (κ1) is 25.0. The van der Waals surface area contributed by atoms with E-state index in [2.05, 4.69) is 43.2 Å². The van der Waals surface area contributed by atoms with Crippen LogP contribution in [0.15, 0.2) is 71.9 Å². The lowest BCUT2D eigenvalue weighted by molar-refractivity contribution is 0.621. The van der Waals surface area contributed by atoms with Crippen molar-refractivity contribution >= 4 is 22.5 Å². The van der Waals surface area contributed by atoms with Gasteiger partial charge in [-0.3, -0.25) is 9.36 Å². The topological polar surface area (TPSA) is 135 Å². The van der Waals surface area contributed by atoms with E-state index in [1.807, 2.05) is 0 Å². The largest absolute Gasteiger partial charge is 0.382 e. The second-order valence-corrected chi connectivity index (χ2v) is 8.26. The third-order valence-corrected chi connectivity index (χ3v) is 5.69. The van der Waals surface area contributed by atoms with E-state index < -0.39 is 17.2 Å². The number of fused-ring (bicyclic) bond motifs is 1. The summed E-state index contributed by atoms with van der Waals surface area (Å²) in [6, 6.07) is 15.1. The zero-order valence-electron chi connectivity index (χ0n) is 20.2. The van der Waals surface area contributed by atoms with E-state index in [1.165, 1.54) is 35.2 Å². The Morgan fingerprint density at radius 1 is 1.00 bits per heavy atom. The number of aromatic nitrogens is 5. The van der Waals surface area contributed by atoms with Crippen molar-refractivity contribution in [2.24, 2.45) is 0 Å². The number of halogens is 2. The average molecular weight is 521 g/mol. The van der Waals surface area contributed by atoms with Gasteiger partial charge in [-0.25, -0.2) is 28.7 Å². The van der Waals surface area contributed by atoms with Crippen molar-refractivity contribution in [1.29, 1.82) is 5.26 Å². The molecule has 3 N–H and O–H groups in total. The fourth-order valence-electron chi connectivity index (χ4n) is 3.88. The molecule has 0 saturated carbocycles. The van der Waals surface area contributed by atoms with Gasteiger partial charge in [0, 0.05) is 13.0 Å². The molecule has 39 heavy (non-hydrogen) atoms. The molecule has 3 aromatic heterocycles. The number of hydrogen-bond acceptors (Lipinski definition) is 8. The third-order valence-electron chi connectivity index (χ3n) is 5.69. The van der Waals surface area contributed by atoms with Gasteiger partial charge >= 0.3 is 0 Å². The smallest absolute Gasteiger partial charge is 0.266 e. The Morgan fingerprint density at radius 2 is 1.85 bits per heavy atom. The summed E-state index contributed by atoms with van der Waals surface area (Å²) >= 11 is 0. The average Bonchev–Trinajstić information content (AvgIpc) is 2.94. The van der Waals surface area contributed by atoms with Crippen molar-refractivity contribution in [3.63, 3.8) is 0 Å². The van der Waals surface area contributed by atoms with Gasteiger partial charge in [0.1, 0.15) is 46.7 Å². The van der Waals surface area contributed by atoms with Crippen molar-refractivity contribution in [1.82, 2.24) is 24.5 Å². The maximum atomic E-state index is 13.9. The number of nitriles is 1. The van der Waals surface area contributed by atoms with Gasteiger partial charge in [0.05, 0.1) is 34.4 Å². The first-order valence-corrected chi connectivity index (χ1v) is 11.6. The predicted octanol–water partition coefficient (Wildman–Crippen LogP) is 3.36. The Morgan fingerprint density at radius 3 is 2.64 bits per heavy atom. The quantitative estimate of drug-likeness (QED) is 0.337. The summed E-state index contributed by atoms with van der Waals surface area (Å²) < 4.78 is 28.4. The third kappa shape index (κ3) is 5.38. The molecule has 0 fully saturated rings. The standard InChI is InChI=1S/C28H18F2N8O/c29-18-5-9-24-23(13-18)28(39)38(21-3-1-2-17(12-21)14-31)25(37-24)10-11-33-27-22(26(32)35-16-36-27)8-7-20-6-4-19(30)15-34-20/h1-6,9,12-13,15-16H,10-11H2,(H3,32,33,35,36). The van der Waals surface area contributed by atoms with Crippen LogP contribution in [0.25, 0.3) is 16.6 Å². The van der Waals surface area contributed by atoms with Crippen LogP contribution < -0.4 is 16.6 Å². The summed E-state index contributed by atoms with van der Waals surface area (Å²) in [5.74, 6) is 5.51. The zero-order valence-corrected chi connectivity index (χ0v) is 20.2. The van der Waals surface area contributed by atoms with Crippen LogP contribution in [0.1, 0.15) is 22.6 Å². The molecule has 0 aliphatic rings. The Hall–Kier alpha value is -5.68. The number of nitrogens with two attached hydrogens (primary N) is 1. The zero-order chi connectivity index (χ0) is 27.4. The number of pyridine rings is 1. The molecular formula is C28H18F2N8O. The van der Waals surface area contributed by atoms with Crippen molar-refractivity contribution < 1.29 is 8.78 Å². The molecule has 0 radical (unpaired) electrons. The van der Waals surface area contributed by atoms with Gasteiger partial charge in [0.2, 0.25) is 0 Å². The van der Waals surface area contributed by atoms with E-state index in [-0.39, 0.29) is 24.2 Å². The van der Waals surface area contributed by atoms with Gasteiger partial charge in [0.15, 0.2) is 0 Å². The Balaban J connectivity index is 1.48. The van der Waals surface area contributed by atoms with Crippen LogP contribution in [0.2, 0.25) is 0 Å². The van der Waals surface area contributed by atoms with E-state index in [4.69, 9.17) is 5.73 Å². The summed E-state index contributed by atoms with van der Waals surface area (Å²) in [7, 11) is 0. The highest BCUT2D eigenvalue weighted by Crippen LogP contribution is 2.18. The van der Waals surface area contributed by atoms with Crippen LogP contribution in [0.4, 0.5) is 20.4 Å². The van der Waals surface area contributed by atoms with E-state index in [1.54, 1.807) is 24.3 Å². The molecule has 0 aliphatic carbocycles. The normalized spacial score (nSPS) is 10.5. The Bertz CT molecular complexity index is 1870. The molecule has 11 heteroatoms. The van der Waals surface area contributed by atoms with Crippen molar-refractivity contribution in [3.8, 4) is 23.6 Å². The molecule has 190 valence electrons. The van der Waals surface area contributed by atoms with E-state index in [0.29, 0.717) is 39.7 Å². The van der Waals surface area contributed by atoms with Crippen LogP contribution >= 0.6 is 0 Å². The molecule has 2 aromatic carbocycles. The second-order valence-electron chi connectivity index (χ2n) is 8.26. The van der Waals surface area contributed by atoms with Crippen molar-refractivity contribution in [2.75, 3.05) is 17.6 Å². The number of rotatable bonds is 5. The molecule has 0 bridgehead atoms. The van der Waals surface area contributed by atoms with Crippen LogP contribution in [-0.2, 0) is 6.42 Å². The predicted molar refractivity (Wildman–Crippen MR) is 141 cm³/mol. The van der Waals surface area contributed by atoms with Gasteiger partial charge in [-0.15, -0.1) is 0 Å². The van der Waals surface area contributed by atoms with Crippen molar-refractivity contribution in [2.45, 2.75) is 6.42 Å². The molecule has 9 nitrogen and oxygen atoms in total. The van der Waals surface area contributed by atoms with Crippen molar-refractivity contribution in [3.05, 3.63) is 112 Å². The molecule has 5 rings (SSSR count). The highest BCUT2D eigenvalue weighted by molar-refractivity contribution is 5.78. The van der Waals surface area contributed by atoms with E-state index >= 15 is 0 Å². The molecule has 0 unspecified atom stereocenters. The SMILES string of the molecule is N#Cc1cccc(-n2c(CCNc3ncnc(N)c3C#Cc3ccc(F)cn3)nc3ccc(F)cc3c2=O)c1. The first-order valence-electron chi connectivity index (χ1n) is 11.6. The van der Waals surface area contributed by atoms with Crippen LogP contribution in [0.3, 0.4) is 0 Å². The number of nitrogen functional groups attached to an aromatic ring is 1. The fourth-order valence-corrected chi connectivity index (χ4v) is 3.88. The molecule has 0 amide bonds. The molecular weight excluding hydrogens is 502 g/mol. The van der Waals surface area contributed by atoms with Crippen LogP contribution in [0, 0.1) is 34.8 Å². The first-order chi connectivity index (χ1) is 18.9. The maximum Gasteiger partial charge on any atom is 0.266 e. The lowest BCUT2D eigenvalue weighted by Crippen LogP contribution is -2.25. The minimum atomic E-state index is -0.557. The maximum absolute atomic E-state index is 13.9. The van der Waals surface area contributed by atoms with Gasteiger partial charge in [-0.05, 0) is 54.5 Å². The van der Waals surface area contributed by atoms with E-state index in [0.717, 1.165) is 12.3 Å². The molecule has 5 aromatic rings. The minimum absolute atomic E-state index is 0.115. The number of nitrogens with one attached hydrogen (secondary N) is 1. The number of hydrogen-bond donors (Lipinski definition) is 2. The summed E-state index contributed by atoms with van der Waals surface area (Å²) in [6.07, 6.45) is 2.59. The van der Waals surface area contributed by atoms with Gasteiger partial charge in [-0.1, -0.05) is 12.0 Å². The summed E-state index contributed by atoms with van der Waals surface area (Å²) in [4.78, 5) is 30.2. The minimum Gasteiger partial charge on any atom is -0.382 e. The summed E-state index contributed by atoms with van der Waals surface area (Å²) in [6.45, 7) is 0.261.